The van der Waals surface area contributed by atoms with Gasteiger partial charge in [0.1, 0.15) is 0 Å². The van der Waals surface area contributed by atoms with Crippen molar-refractivity contribution in [2.24, 2.45) is 0 Å². The van der Waals surface area contributed by atoms with E-state index >= 15 is 0 Å². The minimum absolute atomic E-state index is 0.0298. The van der Waals surface area contributed by atoms with Crippen molar-refractivity contribution in [1.29, 1.82) is 0 Å². The summed E-state index contributed by atoms with van der Waals surface area (Å²) in [6.07, 6.45) is 0. The molecule has 0 bridgehead atoms. The summed E-state index contributed by atoms with van der Waals surface area (Å²) in [5, 5.41) is 15.8. The van der Waals surface area contributed by atoms with E-state index in [9.17, 15) is 9.59 Å². The van der Waals surface area contributed by atoms with Gasteiger partial charge in [-0.1, -0.05) is 6.07 Å². The molecule has 2 amide bonds. The number of rotatable bonds is 4. The highest BCUT2D eigenvalue weighted by molar-refractivity contribution is 7.10. The van der Waals surface area contributed by atoms with Gasteiger partial charge in [0.25, 0.3) is 0 Å². The van der Waals surface area contributed by atoms with E-state index in [2.05, 4.69) is 10.6 Å². The van der Waals surface area contributed by atoms with Crippen LogP contribution in [0, 0.1) is 0 Å². The highest BCUT2D eigenvalue weighted by atomic mass is 32.1. The molecule has 5 nitrogen and oxygen atoms in total. The van der Waals surface area contributed by atoms with Crippen LogP contribution >= 0.6 is 11.3 Å². The lowest BCUT2D eigenvalue weighted by molar-refractivity contribution is -0.139. The molecule has 0 spiro atoms. The van der Waals surface area contributed by atoms with Crippen LogP contribution in [0.15, 0.2) is 17.5 Å². The quantitative estimate of drug-likeness (QED) is 0.750. The molecule has 1 rings (SSSR count). The van der Waals surface area contributed by atoms with Crippen molar-refractivity contribution in [3.63, 3.8) is 0 Å². The number of carbonyl (C=O) groups is 2. The predicted molar refractivity (Wildman–Crippen MR) is 61.5 cm³/mol. The number of thiophene rings is 1. The van der Waals surface area contributed by atoms with Crippen molar-refractivity contribution < 1.29 is 14.7 Å². The van der Waals surface area contributed by atoms with E-state index in [0.29, 0.717) is 4.88 Å². The molecule has 0 aliphatic heterocycles. The summed E-state index contributed by atoms with van der Waals surface area (Å²) in [7, 11) is 0. The Morgan fingerprint density at radius 3 is 2.50 bits per heavy atom. The van der Waals surface area contributed by atoms with Crippen LogP contribution in [0.2, 0.25) is 0 Å². The maximum Gasteiger partial charge on any atom is 0.331 e. The molecule has 88 valence electrons. The van der Waals surface area contributed by atoms with Gasteiger partial charge in [0.2, 0.25) is 0 Å². The summed E-state index contributed by atoms with van der Waals surface area (Å²) in [5.41, 5.74) is 0. The number of aliphatic carboxylic acids is 1. The van der Waals surface area contributed by atoms with Crippen molar-refractivity contribution in [3.8, 4) is 0 Å². The Bertz CT molecular complexity index is 362. The average Bonchev–Trinajstić information content (AvgIpc) is 2.64. The number of urea groups is 1. The lowest BCUT2D eigenvalue weighted by Gasteiger charge is -2.15. The Morgan fingerprint density at radius 2 is 2.06 bits per heavy atom. The Labute approximate surface area is 97.5 Å². The number of carboxylic acid groups (broad SMARTS) is 1. The molecule has 0 saturated heterocycles. The Morgan fingerprint density at radius 1 is 1.38 bits per heavy atom. The lowest BCUT2D eigenvalue weighted by Crippen LogP contribution is -2.43. The third-order valence-electron chi connectivity index (χ3n) is 1.77. The topological polar surface area (TPSA) is 78.4 Å². The number of hydrogen-bond acceptors (Lipinski definition) is 3. The number of nitrogens with one attached hydrogen (secondary N) is 2. The number of carbonyl (C=O) groups excluding carboxylic acids is 1. The fourth-order valence-corrected chi connectivity index (χ4v) is 1.91. The van der Waals surface area contributed by atoms with Crippen LogP contribution in [-0.2, 0) is 4.79 Å². The Hall–Kier alpha value is -1.56. The first kappa shape index (κ1) is 12.5. The van der Waals surface area contributed by atoms with E-state index in [0.717, 1.165) is 0 Å². The summed E-state index contributed by atoms with van der Waals surface area (Å²) in [5.74, 6) is -1.07. The minimum Gasteiger partial charge on any atom is -0.479 e. The SMILES string of the molecule is CC(C)NC(=O)NC(C(=O)O)c1cccs1. The summed E-state index contributed by atoms with van der Waals surface area (Å²) in [6, 6.07) is 1.93. The van der Waals surface area contributed by atoms with E-state index < -0.39 is 18.0 Å². The normalized spacial score (nSPS) is 12.2. The molecule has 0 fully saturated rings. The first-order valence-electron chi connectivity index (χ1n) is 4.84. The molecule has 3 N–H and O–H groups in total. The predicted octanol–water partition coefficient (Wildman–Crippen LogP) is 1.58. The zero-order valence-corrected chi connectivity index (χ0v) is 9.88. The summed E-state index contributed by atoms with van der Waals surface area (Å²) < 4.78 is 0. The third-order valence-corrected chi connectivity index (χ3v) is 2.71. The molecule has 1 heterocycles. The number of hydrogen-bond donors (Lipinski definition) is 3. The van der Waals surface area contributed by atoms with Gasteiger partial charge in [-0.2, -0.15) is 0 Å². The molecule has 1 atom stereocenters. The van der Waals surface area contributed by atoms with Crippen LogP contribution < -0.4 is 10.6 Å². The zero-order chi connectivity index (χ0) is 12.1. The van der Waals surface area contributed by atoms with Crippen LogP contribution in [0.5, 0.6) is 0 Å². The first-order valence-corrected chi connectivity index (χ1v) is 5.72. The van der Waals surface area contributed by atoms with Crippen molar-refractivity contribution in [2.75, 3.05) is 0 Å². The summed E-state index contributed by atoms with van der Waals surface area (Å²) >= 11 is 1.30. The van der Waals surface area contributed by atoms with Gasteiger partial charge in [-0.3, -0.25) is 0 Å². The summed E-state index contributed by atoms with van der Waals surface area (Å²) in [6.45, 7) is 3.61. The van der Waals surface area contributed by atoms with Crippen molar-refractivity contribution >= 4 is 23.3 Å². The second-order valence-electron chi connectivity index (χ2n) is 3.56. The largest absolute Gasteiger partial charge is 0.479 e. The molecule has 0 saturated carbocycles. The van der Waals surface area contributed by atoms with Crippen LogP contribution in [0.1, 0.15) is 24.8 Å². The molecule has 1 aromatic rings. The molecule has 1 aromatic heterocycles. The molecule has 1 unspecified atom stereocenters. The van der Waals surface area contributed by atoms with E-state index in [1.807, 2.05) is 0 Å². The molecule has 16 heavy (non-hydrogen) atoms. The van der Waals surface area contributed by atoms with Crippen molar-refractivity contribution in [1.82, 2.24) is 10.6 Å². The second-order valence-corrected chi connectivity index (χ2v) is 4.54. The third kappa shape index (κ3) is 3.54. The average molecular weight is 242 g/mol. The molecule has 0 aromatic carbocycles. The maximum atomic E-state index is 11.4. The van der Waals surface area contributed by atoms with Crippen LogP contribution in [0.4, 0.5) is 4.79 Å². The first-order chi connectivity index (χ1) is 7.50. The van der Waals surface area contributed by atoms with Crippen molar-refractivity contribution in [2.45, 2.75) is 25.9 Å². The summed E-state index contributed by atoms with van der Waals surface area (Å²) in [4.78, 5) is 23.0. The maximum absolute atomic E-state index is 11.4. The highest BCUT2D eigenvalue weighted by Crippen LogP contribution is 2.18. The van der Waals surface area contributed by atoms with E-state index in [1.165, 1.54) is 11.3 Å². The van der Waals surface area contributed by atoms with Gasteiger partial charge in [-0.25, -0.2) is 9.59 Å². The zero-order valence-electron chi connectivity index (χ0n) is 9.06. The monoisotopic (exact) mass is 242 g/mol. The van der Waals surface area contributed by atoms with Gasteiger partial charge >= 0.3 is 12.0 Å². The van der Waals surface area contributed by atoms with Gasteiger partial charge in [-0.05, 0) is 25.3 Å². The van der Waals surface area contributed by atoms with Crippen LogP contribution in [0.25, 0.3) is 0 Å². The molecule has 0 radical (unpaired) electrons. The van der Waals surface area contributed by atoms with Crippen LogP contribution in [0.3, 0.4) is 0 Å². The van der Waals surface area contributed by atoms with E-state index in [-0.39, 0.29) is 6.04 Å². The molecule has 0 aliphatic rings. The molecule has 0 aliphatic carbocycles. The Kier molecular flexibility index (Phi) is 4.30. The van der Waals surface area contributed by atoms with Gasteiger partial charge in [0, 0.05) is 10.9 Å². The van der Waals surface area contributed by atoms with Crippen LogP contribution in [-0.4, -0.2) is 23.1 Å². The van der Waals surface area contributed by atoms with E-state index in [1.54, 1.807) is 31.4 Å². The molecular formula is C10H14N2O3S. The van der Waals surface area contributed by atoms with Gasteiger partial charge < -0.3 is 15.7 Å². The highest BCUT2D eigenvalue weighted by Gasteiger charge is 2.22. The Balaban J connectivity index is 2.67. The smallest absolute Gasteiger partial charge is 0.331 e. The van der Waals surface area contributed by atoms with Gasteiger partial charge in [0.05, 0.1) is 0 Å². The van der Waals surface area contributed by atoms with Gasteiger partial charge in [-0.15, -0.1) is 11.3 Å². The minimum atomic E-state index is -1.07. The standard InChI is InChI=1S/C10H14N2O3S/c1-6(2)11-10(15)12-8(9(13)14)7-4-3-5-16-7/h3-6,8H,1-2H3,(H,13,14)(H2,11,12,15). The van der Waals surface area contributed by atoms with E-state index in [4.69, 9.17) is 5.11 Å². The fourth-order valence-electron chi connectivity index (χ4n) is 1.15. The lowest BCUT2D eigenvalue weighted by atomic mass is 10.2. The number of carboxylic acids is 1. The number of amides is 2. The fraction of sp³-hybridized carbons (Fsp3) is 0.400. The molecule has 6 heteroatoms. The second kappa shape index (κ2) is 5.50. The van der Waals surface area contributed by atoms with Gasteiger partial charge in [0.15, 0.2) is 6.04 Å². The van der Waals surface area contributed by atoms with Crippen molar-refractivity contribution in [3.05, 3.63) is 22.4 Å². The molecular weight excluding hydrogens is 228 g/mol.